The van der Waals surface area contributed by atoms with E-state index in [9.17, 15) is 4.79 Å². The number of aryl methyl sites for hydroxylation is 1. The second kappa shape index (κ2) is 4.44. The number of carbonyl (C=O) groups excluding carboxylic acids is 1. The zero-order valence-electron chi connectivity index (χ0n) is 8.75. The Morgan fingerprint density at radius 1 is 1.80 bits per heavy atom. The standard InChI is InChI=1S/C10H15N3O2/c1-2-7-6-9(13-12-7)11-10(14)8-4-3-5-15-8/h6,8H,2-5H2,1H3,(H2,11,12,13,14). The number of nitrogens with zero attached hydrogens (tertiary/aromatic N) is 1. The van der Waals surface area contributed by atoms with Gasteiger partial charge in [0.15, 0.2) is 5.82 Å². The molecule has 15 heavy (non-hydrogen) atoms. The Hall–Kier alpha value is -1.36. The van der Waals surface area contributed by atoms with Gasteiger partial charge in [0.05, 0.1) is 0 Å². The summed E-state index contributed by atoms with van der Waals surface area (Å²) < 4.78 is 5.27. The summed E-state index contributed by atoms with van der Waals surface area (Å²) in [5.41, 5.74) is 1.01. The minimum Gasteiger partial charge on any atom is -0.368 e. The zero-order valence-corrected chi connectivity index (χ0v) is 8.75. The predicted molar refractivity (Wildman–Crippen MR) is 55.6 cm³/mol. The molecule has 1 aromatic rings. The highest BCUT2D eigenvalue weighted by Crippen LogP contribution is 2.14. The van der Waals surface area contributed by atoms with E-state index in [1.54, 1.807) is 0 Å². The molecule has 1 atom stereocenters. The third kappa shape index (κ3) is 2.36. The topological polar surface area (TPSA) is 67.0 Å². The van der Waals surface area contributed by atoms with Gasteiger partial charge >= 0.3 is 0 Å². The maximum absolute atomic E-state index is 11.6. The van der Waals surface area contributed by atoms with E-state index in [1.807, 2.05) is 13.0 Å². The van der Waals surface area contributed by atoms with E-state index in [2.05, 4.69) is 15.5 Å². The van der Waals surface area contributed by atoms with Gasteiger partial charge in [-0.2, -0.15) is 5.10 Å². The Morgan fingerprint density at radius 3 is 3.27 bits per heavy atom. The van der Waals surface area contributed by atoms with Crippen LogP contribution in [0.15, 0.2) is 6.07 Å². The van der Waals surface area contributed by atoms with Crippen molar-refractivity contribution in [2.45, 2.75) is 32.3 Å². The van der Waals surface area contributed by atoms with E-state index < -0.39 is 0 Å². The van der Waals surface area contributed by atoms with Crippen LogP contribution in [0.25, 0.3) is 0 Å². The van der Waals surface area contributed by atoms with Gasteiger partial charge in [-0.25, -0.2) is 0 Å². The van der Waals surface area contributed by atoms with Gasteiger partial charge in [0.1, 0.15) is 6.10 Å². The normalized spacial score (nSPS) is 20.5. The third-order valence-corrected chi connectivity index (χ3v) is 2.49. The number of nitrogens with one attached hydrogen (secondary N) is 2. The van der Waals surface area contributed by atoms with Crippen LogP contribution in [0.1, 0.15) is 25.5 Å². The molecule has 0 radical (unpaired) electrons. The fourth-order valence-electron chi connectivity index (χ4n) is 1.60. The number of hydrogen-bond donors (Lipinski definition) is 2. The second-order valence-corrected chi connectivity index (χ2v) is 3.62. The summed E-state index contributed by atoms with van der Waals surface area (Å²) >= 11 is 0. The summed E-state index contributed by atoms with van der Waals surface area (Å²) in [7, 11) is 0. The molecule has 2 N–H and O–H groups in total. The molecule has 0 spiro atoms. The molecule has 1 unspecified atom stereocenters. The minimum absolute atomic E-state index is 0.0957. The van der Waals surface area contributed by atoms with Gasteiger partial charge in [0.2, 0.25) is 0 Å². The maximum atomic E-state index is 11.6. The lowest BCUT2D eigenvalue weighted by Gasteiger charge is -2.07. The molecule has 0 aromatic carbocycles. The minimum atomic E-state index is -0.299. The number of ether oxygens (including phenoxy) is 1. The van der Waals surface area contributed by atoms with Crippen molar-refractivity contribution in [1.82, 2.24) is 10.2 Å². The van der Waals surface area contributed by atoms with Crippen molar-refractivity contribution < 1.29 is 9.53 Å². The van der Waals surface area contributed by atoms with E-state index in [1.165, 1.54) is 0 Å². The van der Waals surface area contributed by atoms with Crippen molar-refractivity contribution in [3.05, 3.63) is 11.8 Å². The quantitative estimate of drug-likeness (QED) is 0.783. The maximum Gasteiger partial charge on any atom is 0.254 e. The number of carbonyl (C=O) groups is 1. The highest BCUT2D eigenvalue weighted by Gasteiger charge is 2.23. The molecule has 5 nitrogen and oxygen atoms in total. The van der Waals surface area contributed by atoms with Crippen LogP contribution >= 0.6 is 0 Å². The van der Waals surface area contributed by atoms with Crippen molar-refractivity contribution in [2.75, 3.05) is 11.9 Å². The Balaban J connectivity index is 1.92. The highest BCUT2D eigenvalue weighted by atomic mass is 16.5. The van der Waals surface area contributed by atoms with Crippen LogP contribution in [-0.2, 0) is 16.0 Å². The lowest BCUT2D eigenvalue weighted by molar-refractivity contribution is -0.124. The number of aromatic amines is 1. The molecule has 0 saturated carbocycles. The van der Waals surface area contributed by atoms with Crippen LogP contribution in [0.3, 0.4) is 0 Å². The van der Waals surface area contributed by atoms with Crippen molar-refractivity contribution in [3.8, 4) is 0 Å². The molecule has 1 aliphatic heterocycles. The van der Waals surface area contributed by atoms with Gasteiger partial charge in [0, 0.05) is 18.4 Å². The van der Waals surface area contributed by atoms with E-state index in [0.717, 1.165) is 25.0 Å². The van der Waals surface area contributed by atoms with Crippen LogP contribution < -0.4 is 5.32 Å². The number of aromatic nitrogens is 2. The molecular formula is C10H15N3O2. The van der Waals surface area contributed by atoms with E-state index in [4.69, 9.17) is 4.74 Å². The summed E-state index contributed by atoms with van der Waals surface area (Å²) in [6.45, 7) is 2.71. The zero-order chi connectivity index (χ0) is 10.7. The molecule has 82 valence electrons. The summed E-state index contributed by atoms with van der Waals surface area (Å²) in [6.07, 6.45) is 2.34. The largest absolute Gasteiger partial charge is 0.368 e. The first-order valence-electron chi connectivity index (χ1n) is 5.26. The molecule has 1 aliphatic rings. The van der Waals surface area contributed by atoms with Gasteiger partial charge in [0.25, 0.3) is 5.91 Å². The van der Waals surface area contributed by atoms with E-state index >= 15 is 0 Å². The first-order chi connectivity index (χ1) is 7.29. The predicted octanol–water partition coefficient (Wildman–Crippen LogP) is 1.09. The van der Waals surface area contributed by atoms with Crippen molar-refractivity contribution in [1.29, 1.82) is 0 Å². The fourth-order valence-corrected chi connectivity index (χ4v) is 1.60. The fraction of sp³-hybridized carbons (Fsp3) is 0.600. The molecule has 1 amide bonds. The van der Waals surface area contributed by atoms with Gasteiger partial charge in [-0.05, 0) is 19.3 Å². The number of hydrogen-bond acceptors (Lipinski definition) is 3. The van der Waals surface area contributed by atoms with Crippen LogP contribution in [-0.4, -0.2) is 28.8 Å². The third-order valence-electron chi connectivity index (χ3n) is 2.49. The molecule has 5 heteroatoms. The van der Waals surface area contributed by atoms with Crippen molar-refractivity contribution >= 4 is 11.7 Å². The number of rotatable bonds is 3. The molecule has 1 saturated heterocycles. The molecular weight excluding hydrogens is 194 g/mol. The summed E-state index contributed by atoms with van der Waals surface area (Å²) in [5, 5.41) is 9.56. The highest BCUT2D eigenvalue weighted by molar-refractivity contribution is 5.93. The van der Waals surface area contributed by atoms with Crippen LogP contribution in [0, 0.1) is 0 Å². The Morgan fingerprint density at radius 2 is 2.67 bits per heavy atom. The van der Waals surface area contributed by atoms with Gasteiger partial charge in [-0.3, -0.25) is 9.89 Å². The average Bonchev–Trinajstić information content (AvgIpc) is 2.87. The van der Waals surface area contributed by atoms with Crippen LogP contribution in [0.4, 0.5) is 5.82 Å². The lowest BCUT2D eigenvalue weighted by Crippen LogP contribution is -2.26. The Bertz CT molecular complexity index is 342. The van der Waals surface area contributed by atoms with E-state index in [-0.39, 0.29) is 12.0 Å². The van der Waals surface area contributed by atoms with Crippen LogP contribution in [0.5, 0.6) is 0 Å². The van der Waals surface area contributed by atoms with E-state index in [0.29, 0.717) is 12.4 Å². The Labute approximate surface area is 88.2 Å². The molecule has 0 bridgehead atoms. The van der Waals surface area contributed by atoms with Gasteiger partial charge in [-0.15, -0.1) is 0 Å². The van der Waals surface area contributed by atoms with Crippen LogP contribution in [0.2, 0.25) is 0 Å². The molecule has 1 fully saturated rings. The Kier molecular flexibility index (Phi) is 3.01. The first-order valence-corrected chi connectivity index (χ1v) is 5.26. The molecule has 2 heterocycles. The number of anilines is 1. The molecule has 0 aliphatic carbocycles. The lowest BCUT2D eigenvalue weighted by atomic mass is 10.2. The monoisotopic (exact) mass is 209 g/mol. The summed E-state index contributed by atoms with van der Waals surface area (Å²) in [5.74, 6) is 0.481. The van der Waals surface area contributed by atoms with Gasteiger partial charge < -0.3 is 10.1 Å². The smallest absolute Gasteiger partial charge is 0.254 e. The van der Waals surface area contributed by atoms with Gasteiger partial charge in [-0.1, -0.05) is 6.92 Å². The SMILES string of the molecule is CCc1cc(NC(=O)C2CCCO2)n[nH]1. The average molecular weight is 209 g/mol. The molecule has 1 aromatic heterocycles. The molecule has 2 rings (SSSR count). The number of amides is 1. The summed E-state index contributed by atoms with van der Waals surface area (Å²) in [6, 6.07) is 1.84. The van der Waals surface area contributed by atoms with Crippen molar-refractivity contribution in [2.24, 2.45) is 0 Å². The number of H-pyrrole nitrogens is 1. The summed E-state index contributed by atoms with van der Waals surface area (Å²) in [4.78, 5) is 11.6. The van der Waals surface area contributed by atoms with Crippen molar-refractivity contribution in [3.63, 3.8) is 0 Å². The first kappa shape index (κ1) is 10.2. The second-order valence-electron chi connectivity index (χ2n) is 3.62.